The summed E-state index contributed by atoms with van der Waals surface area (Å²) >= 11 is 0. The molecule has 0 amide bonds. The zero-order chi connectivity index (χ0) is 20.0. The number of rotatable bonds is 3. The number of hydrogen-bond donors (Lipinski definition) is 1. The Morgan fingerprint density at radius 2 is 1.48 bits per heavy atom. The first-order valence-corrected chi connectivity index (χ1v) is 9.56. The van der Waals surface area contributed by atoms with E-state index in [4.69, 9.17) is 4.52 Å². The summed E-state index contributed by atoms with van der Waals surface area (Å²) in [4.78, 5) is 0. The molecule has 3 aromatic carbocycles. The maximum absolute atomic E-state index is 9.81. The monoisotopic (exact) mass is 380 g/mol. The van der Waals surface area contributed by atoms with Gasteiger partial charge in [-0.05, 0) is 49.7 Å². The summed E-state index contributed by atoms with van der Waals surface area (Å²) in [5.41, 5.74) is 7.22. The van der Waals surface area contributed by atoms with E-state index in [1.807, 2.05) is 38.1 Å². The lowest BCUT2D eigenvalue weighted by atomic mass is 9.97. The van der Waals surface area contributed by atoms with Crippen molar-refractivity contribution in [3.63, 3.8) is 0 Å². The lowest BCUT2D eigenvalue weighted by Gasteiger charge is -2.13. The summed E-state index contributed by atoms with van der Waals surface area (Å²) < 4.78 is 7.77. The molecule has 0 saturated heterocycles. The van der Waals surface area contributed by atoms with Gasteiger partial charge in [-0.1, -0.05) is 53.7 Å². The maximum Gasteiger partial charge on any atom is 0.143 e. The third kappa shape index (κ3) is 2.72. The minimum absolute atomic E-state index is 0.243. The van der Waals surface area contributed by atoms with Crippen LogP contribution in [0, 0.1) is 13.8 Å². The first-order valence-electron chi connectivity index (χ1n) is 9.56. The van der Waals surface area contributed by atoms with E-state index in [1.165, 1.54) is 0 Å². The fraction of sp³-hybridized carbons (Fsp3) is 0.0800. The molecular formula is C25H20N2O2. The Bertz CT molecular complexity index is 1290. The van der Waals surface area contributed by atoms with Crippen molar-refractivity contribution in [3.8, 4) is 33.8 Å². The Hall–Kier alpha value is -3.79. The van der Waals surface area contributed by atoms with Crippen molar-refractivity contribution < 1.29 is 9.63 Å². The lowest BCUT2D eigenvalue weighted by molar-refractivity contribution is 0.393. The number of aromatic nitrogens is 2. The molecule has 0 bridgehead atoms. The summed E-state index contributed by atoms with van der Waals surface area (Å²) in [5.74, 6) is 1.02. The SMILES string of the molecule is Cc1noc(C)c1-c1c(-c2ccccc2)c2ccccc2n1-c1ccc(O)cc1. The molecule has 2 heterocycles. The summed E-state index contributed by atoms with van der Waals surface area (Å²) in [6.07, 6.45) is 0. The van der Waals surface area contributed by atoms with Gasteiger partial charge in [0.05, 0.1) is 22.5 Å². The fourth-order valence-corrected chi connectivity index (χ4v) is 4.06. The fourth-order valence-electron chi connectivity index (χ4n) is 4.06. The number of aromatic hydroxyl groups is 1. The average molecular weight is 380 g/mol. The number of para-hydroxylation sites is 1. The summed E-state index contributed by atoms with van der Waals surface area (Å²) in [7, 11) is 0. The quantitative estimate of drug-likeness (QED) is 0.401. The van der Waals surface area contributed by atoms with Crippen LogP contribution in [0.5, 0.6) is 5.75 Å². The molecule has 5 aromatic rings. The molecule has 0 aliphatic carbocycles. The molecule has 142 valence electrons. The van der Waals surface area contributed by atoms with Crippen LogP contribution in [0.4, 0.5) is 0 Å². The molecule has 0 spiro atoms. The van der Waals surface area contributed by atoms with Crippen molar-refractivity contribution in [2.45, 2.75) is 13.8 Å². The highest BCUT2D eigenvalue weighted by atomic mass is 16.5. The first kappa shape index (κ1) is 17.3. The molecule has 1 N–H and O–H groups in total. The second-order valence-corrected chi connectivity index (χ2v) is 7.16. The van der Waals surface area contributed by atoms with Crippen LogP contribution in [-0.2, 0) is 0 Å². The standard InChI is InChI=1S/C25H20N2O2/c1-16-23(17(2)29-26-16)25-24(18-8-4-3-5-9-18)21-10-6-7-11-22(21)27(25)19-12-14-20(28)15-13-19/h3-15,28H,1-2H3. The van der Waals surface area contributed by atoms with Crippen molar-refractivity contribution in [2.24, 2.45) is 0 Å². The van der Waals surface area contributed by atoms with Crippen LogP contribution >= 0.6 is 0 Å². The molecule has 0 atom stereocenters. The van der Waals surface area contributed by atoms with Crippen molar-refractivity contribution in [1.29, 1.82) is 0 Å². The number of benzene rings is 3. The van der Waals surface area contributed by atoms with Crippen molar-refractivity contribution >= 4 is 10.9 Å². The van der Waals surface area contributed by atoms with E-state index in [-0.39, 0.29) is 5.75 Å². The van der Waals surface area contributed by atoms with Crippen LogP contribution < -0.4 is 0 Å². The summed E-state index contributed by atoms with van der Waals surface area (Å²) in [5, 5.41) is 15.2. The Labute approximate surface area is 168 Å². The largest absolute Gasteiger partial charge is 0.508 e. The second-order valence-electron chi connectivity index (χ2n) is 7.16. The van der Waals surface area contributed by atoms with E-state index >= 15 is 0 Å². The highest BCUT2D eigenvalue weighted by Gasteiger charge is 2.25. The highest BCUT2D eigenvalue weighted by Crippen LogP contribution is 2.44. The topological polar surface area (TPSA) is 51.2 Å². The molecule has 0 unspecified atom stereocenters. The van der Waals surface area contributed by atoms with Gasteiger partial charge in [0.15, 0.2) is 0 Å². The van der Waals surface area contributed by atoms with Gasteiger partial charge in [-0.3, -0.25) is 0 Å². The van der Waals surface area contributed by atoms with E-state index in [0.29, 0.717) is 0 Å². The van der Waals surface area contributed by atoms with Crippen molar-refractivity contribution in [2.75, 3.05) is 0 Å². The lowest BCUT2D eigenvalue weighted by Crippen LogP contribution is -1.98. The van der Waals surface area contributed by atoms with Gasteiger partial charge < -0.3 is 14.2 Å². The molecular weight excluding hydrogens is 360 g/mol. The van der Waals surface area contributed by atoms with Crippen molar-refractivity contribution in [1.82, 2.24) is 9.72 Å². The number of hydrogen-bond acceptors (Lipinski definition) is 3. The minimum Gasteiger partial charge on any atom is -0.508 e. The van der Waals surface area contributed by atoms with Crippen LogP contribution in [0.25, 0.3) is 39.0 Å². The predicted octanol–water partition coefficient (Wildman–Crippen LogP) is 6.27. The zero-order valence-electron chi connectivity index (χ0n) is 16.3. The minimum atomic E-state index is 0.243. The van der Waals surface area contributed by atoms with Crippen LogP contribution in [0.15, 0.2) is 83.4 Å². The summed E-state index contributed by atoms with van der Waals surface area (Å²) in [6.45, 7) is 3.92. The first-order chi connectivity index (χ1) is 14.1. The Morgan fingerprint density at radius 1 is 0.793 bits per heavy atom. The molecule has 0 aliphatic rings. The van der Waals surface area contributed by atoms with E-state index in [0.717, 1.165) is 50.4 Å². The van der Waals surface area contributed by atoms with E-state index in [9.17, 15) is 5.11 Å². The molecule has 29 heavy (non-hydrogen) atoms. The number of fused-ring (bicyclic) bond motifs is 1. The van der Waals surface area contributed by atoms with Crippen molar-refractivity contribution in [3.05, 3.63) is 90.3 Å². The molecule has 0 fully saturated rings. The molecule has 0 aliphatic heterocycles. The van der Waals surface area contributed by atoms with Gasteiger partial charge >= 0.3 is 0 Å². The number of nitrogens with zero attached hydrogens (tertiary/aromatic N) is 2. The van der Waals surface area contributed by atoms with Gasteiger partial charge in [-0.2, -0.15) is 0 Å². The van der Waals surface area contributed by atoms with Crippen LogP contribution in [0.3, 0.4) is 0 Å². The average Bonchev–Trinajstić information content (AvgIpc) is 3.25. The van der Waals surface area contributed by atoms with Gasteiger partial charge in [0.2, 0.25) is 0 Å². The molecule has 4 nitrogen and oxygen atoms in total. The molecule has 4 heteroatoms. The molecule has 5 rings (SSSR count). The van der Waals surface area contributed by atoms with E-state index in [2.05, 4.69) is 52.2 Å². The number of phenols is 1. The number of aryl methyl sites for hydroxylation is 2. The van der Waals surface area contributed by atoms with Crippen LogP contribution in [-0.4, -0.2) is 14.8 Å². The normalized spacial score (nSPS) is 11.2. The maximum atomic E-state index is 9.81. The molecule has 2 aromatic heterocycles. The van der Waals surface area contributed by atoms with Gasteiger partial charge in [-0.25, -0.2) is 0 Å². The highest BCUT2D eigenvalue weighted by molar-refractivity contribution is 6.06. The Kier molecular flexibility index (Phi) is 3.98. The smallest absolute Gasteiger partial charge is 0.143 e. The van der Waals surface area contributed by atoms with Gasteiger partial charge in [0.25, 0.3) is 0 Å². The third-order valence-electron chi connectivity index (χ3n) is 5.32. The third-order valence-corrected chi connectivity index (χ3v) is 5.32. The molecule has 0 radical (unpaired) electrons. The summed E-state index contributed by atoms with van der Waals surface area (Å²) in [6, 6.07) is 26.1. The second kappa shape index (κ2) is 6.67. The molecule has 0 saturated carbocycles. The zero-order valence-corrected chi connectivity index (χ0v) is 16.3. The Morgan fingerprint density at radius 3 is 2.17 bits per heavy atom. The van der Waals surface area contributed by atoms with Gasteiger partial charge in [-0.15, -0.1) is 0 Å². The Balaban J connectivity index is 1.99. The van der Waals surface area contributed by atoms with E-state index < -0.39 is 0 Å². The van der Waals surface area contributed by atoms with Crippen LogP contribution in [0.2, 0.25) is 0 Å². The number of phenolic OH excluding ortho intramolecular Hbond substituents is 1. The van der Waals surface area contributed by atoms with Gasteiger partial charge in [0.1, 0.15) is 11.5 Å². The van der Waals surface area contributed by atoms with Gasteiger partial charge in [0, 0.05) is 16.6 Å². The van der Waals surface area contributed by atoms with E-state index in [1.54, 1.807) is 12.1 Å². The predicted molar refractivity (Wildman–Crippen MR) is 115 cm³/mol. The van der Waals surface area contributed by atoms with Crippen LogP contribution in [0.1, 0.15) is 11.5 Å².